The van der Waals surface area contributed by atoms with E-state index < -0.39 is 0 Å². The molecule has 0 saturated heterocycles. The van der Waals surface area contributed by atoms with Crippen LogP contribution in [0.2, 0.25) is 0 Å². The van der Waals surface area contributed by atoms with Crippen molar-refractivity contribution in [1.82, 2.24) is 19.3 Å². The molecular formula is C13H16N4O. The number of aromatic nitrogens is 4. The van der Waals surface area contributed by atoms with Crippen LogP contribution in [0, 0.1) is 0 Å². The Bertz CT molecular complexity index is 582. The van der Waals surface area contributed by atoms with E-state index in [2.05, 4.69) is 16.3 Å². The molecule has 5 nitrogen and oxygen atoms in total. The Balaban J connectivity index is 1.88. The lowest BCUT2D eigenvalue weighted by Crippen LogP contribution is -2.08. The van der Waals surface area contributed by atoms with Gasteiger partial charge in [-0.05, 0) is 25.3 Å². The van der Waals surface area contributed by atoms with E-state index in [1.165, 1.54) is 5.56 Å². The van der Waals surface area contributed by atoms with E-state index in [-0.39, 0.29) is 5.78 Å². The molecule has 0 fully saturated rings. The van der Waals surface area contributed by atoms with Gasteiger partial charge in [-0.25, -0.2) is 9.67 Å². The highest BCUT2D eigenvalue weighted by atomic mass is 16.1. The lowest BCUT2D eigenvalue weighted by atomic mass is 9.95. The second kappa shape index (κ2) is 4.40. The molecule has 2 aromatic heterocycles. The van der Waals surface area contributed by atoms with Crippen LogP contribution in [-0.4, -0.2) is 25.1 Å². The zero-order chi connectivity index (χ0) is 12.5. The van der Waals surface area contributed by atoms with Crippen molar-refractivity contribution in [3.63, 3.8) is 0 Å². The van der Waals surface area contributed by atoms with E-state index in [0.717, 1.165) is 30.8 Å². The number of aryl methyl sites for hydroxylation is 2. The fourth-order valence-corrected chi connectivity index (χ4v) is 2.51. The van der Waals surface area contributed by atoms with Crippen molar-refractivity contribution in [2.45, 2.75) is 39.3 Å². The van der Waals surface area contributed by atoms with Crippen LogP contribution in [-0.2, 0) is 19.5 Å². The van der Waals surface area contributed by atoms with Crippen LogP contribution in [0.5, 0.6) is 0 Å². The number of nitrogens with zero attached hydrogens (tertiary/aromatic N) is 4. The van der Waals surface area contributed by atoms with Crippen molar-refractivity contribution in [3.05, 3.63) is 35.7 Å². The van der Waals surface area contributed by atoms with Crippen LogP contribution in [0.1, 0.15) is 41.5 Å². The number of carbonyl (C=O) groups excluding carboxylic acids is 1. The molecule has 0 radical (unpaired) electrons. The van der Waals surface area contributed by atoms with Crippen LogP contribution < -0.4 is 0 Å². The summed E-state index contributed by atoms with van der Waals surface area (Å²) >= 11 is 0. The van der Waals surface area contributed by atoms with E-state index >= 15 is 0 Å². The predicted molar refractivity (Wildman–Crippen MR) is 66.5 cm³/mol. The van der Waals surface area contributed by atoms with Gasteiger partial charge in [-0.15, -0.1) is 0 Å². The van der Waals surface area contributed by atoms with E-state index in [0.29, 0.717) is 13.0 Å². The maximum atomic E-state index is 11.8. The average molecular weight is 244 g/mol. The first-order chi connectivity index (χ1) is 8.78. The van der Waals surface area contributed by atoms with Crippen LogP contribution in [0.15, 0.2) is 18.7 Å². The van der Waals surface area contributed by atoms with Crippen molar-refractivity contribution in [2.24, 2.45) is 0 Å². The van der Waals surface area contributed by atoms with Crippen molar-refractivity contribution in [3.8, 4) is 0 Å². The van der Waals surface area contributed by atoms with Gasteiger partial charge >= 0.3 is 0 Å². The second-order valence-corrected chi connectivity index (χ2v) is 4.64. The molecule has 1 aliphatic carbocycles. The third-order valence-corrected chi connectivity index (χ3v) is 3.43. The highest BCUT2D eigenvalue weighted by Crippen LogP contribution is 2.22. The minimum absolute atomic E-state index is 0.270. The van der Waals surface area contributed by atoms with Crippen LogP contribution in [0.3, 0.4) is 0 Å². The Labute approximate surface area is 105 Å². The van der Waals surface area contributed by atoms with Gasteiger partial charge in [0.15, 0.2) is 5.78 Å². The van der Waals surface area contributed by atoms with Gasteiger partial charge < -0.3 is 4.57 Å². The van der Waals surface area contributed by atoms with E-state index in [1.807, 2.05) is 22.4 Å². The molecule has 94 valence electrons. The van der Waals surface area contributed by atoms with Gasteiger partial charge in [-0.1, -0.05) is 0 Å². The number of hydrogen-bond donors (Lipinski definition) is 0. The molecule has 5 heteroatoms. The first-order valence-corrected chi connectivity index (χ1v) is 6.36. The Hall–Kier alpha value is -1.91. The van der Waals surface area contributed by atoms with Crippen molar-refractivity contribution >= 4 is 5.78 Å². The van der Waals surface area contributed by atoms with Crippen molar-refractivity contribution < 1.29 is 4.79 Å². The SMILES string of the molecule is CCn1ncnc1Cn1cc2c(c1)C(=O)CCC2. The maximum absolute atomic E-state index is 11.8. The molecule has 2 aromatic rings. The maximum Gasteiger partial charge on any atom is 0.164 e. The fraction of sp³-hybridized carbons (Fsp3) is 0.462. The van der Waals surface area contributed by atoms with Crippen LogP contribution in [0.25, 0.3) is 0 Å². The highest BCUT2D eigenvalue weighted by Gasteiger charge is 2.19. The standard InChI is InChI=1S/C13H16N4O/c1-2-17-13(14-9-15-17)8-16-6-10-4-3-5-12(18)11(10)7-16/h6-7,9H,2-5,8H2,1H3. The normalized spacial score (nSPS) is 14.8. The lowest BCUT2D eigenvalue weighted by Gasteiger charge is -2.07. The molecule has 18 heavy (non-hydrogen) atoms. The Morgan fingerprint density at radius 1 is 1.33 bits per heavy atom. The summed E-state index contributed by atoms with van der Waals surface area (Å²) in [6.45, 7) is 3.53. The van der Waals surface area contributed by atoms with E-state index in [4.69, 9.17) is 0 Å². The summed E-state index contributed by atoms with van der Waals surface area (Å²) in [5, 5.41) is 4.15. The van der Waals surface area contributed by atoms with E-state index in [1.54, 1.807) is 6.33 Å². The molecule has 0 saturated carbocycles. The molecule has 0 unspecified atom stereocenters. The molecule has 0 bridgehead atoms. The summed E-state index contributed by atoms with van der Waals surface area (Å²) in [4.78, 5) is 16.0. The molecular weight excluding hydrogens is 228 g/mol. The molecule has 0 amide bonds. The number of hydrogen-bond acceptors (Lipinski definition) is 3. The molecule has 0 N–H and O–H groups in total. The number of carbonyl (C=O) groups is 1. The third-order valence-electron chi connectivity index (χ3n) is 3.43. The third kappa shape index (κ3) is 1.85. The number of fused-ring (bicyclic) bond motifs is 1. The Kier molecular flexibility index (Phi) is 2.74. The first-order valence-electron chi connectivity index (χ1n) is 6.36. The predicted octanol–water partition coefficient (Wildman–Crippen LogP) is 1.67. The Morgan fingerprint density at radius 3 is 3.00 bits per heavy atom. The van der Waals surface area contributed by atoms with Gasteiger partial charge in [0.25, 0.3) is 0 Å². The van der Waals surface area contributed by atoms with Crippen molar-refractivity contribution in [2.75, 3.05) is 0 Å². The van der Waals surface area contributed by atoms with Gasteiger partial charge in [0, 0.05) is 30.9 Å². The molecule has 3 rings (SSSR count). The molecule has 0 spiro atoms. The molecule has 1 aliphatic rings. The summed E-state index contributed by atoms with van der Waals surface area (Å²) in [5.74, 6) is 1.20. The van der Waals surface area contributed by atoms with Crippen molar-refractivity contribution in [1.29, 1.82) is 0 Å². The summed E-state index contributed by atoms with van der Waals surface area (Å²) in [7, 11) is 0. The van der Waals surface area contributed by atoms with Crippen LogP contribution >= 0.6 is 0 Å². The zero-order valence-corrected chi connectivity index (χ0v) is 10.5. The van der Waals surface area contributed by atoms with Gasteiger partial charge in [0.1, 0.15) is 12.2 Å². The highest BCUT2D eigenvalue weighted by molar-refractivity contribution is 5.98. The lowest BCUT2D eigenvalue weighted by molar-refractivity contribution is 0.0973. The van der Waals surface area contributed by atoms with Crippen LogP contribution in [0.4, 0.5) is 0 Å². The van der Waals surface area contributed by atoms with Gasteiger partial charge in [0.05, 0.1) is 6.54 Å². The van der Waals surface area contributed by atoms with Gasteiger partial charge in [0.2, 0.25) is 0 Å². The number of ketones is 1. The van der Waals surface area contributed by atoms with E-state index in [9.17, 15) is 4.79 Å². The van der Waals surface area contributed by atoms with Gasteiger partial charge in [-0.2, -0.15) is 5.10 Å². The number of rotatable bonds is 3. The first kappa shape index (κ1) is 11.2. The van der Waals surface area contributed by atoms with Gasteiger partial charge in [-0.3, -0.25) is 4.79 Å². The minimum atomic E-state index is 0.270. The molecule has 0 aliphatic heterocycles. The second-order valence-electron chi connectivity index (χ2n) is 4.64. The quantitative estimate of drug-likeness (QED) is 0.825. The molecule has 0 aromatic carbocycles. The summed E-state index contributed by atoms with van der Waals surface area (Å²) in [6, 6.07) is 0. The largest absolute Gasteiger partial charge is 0.346 e. The Morgan fingerprint density at radius 2 is 2.22 bits per heavy atom. The summed E-state index contributed by atoms with van der Waals surface area (Å²) in [5.41, 5.74) is 2.07. The average Bonchev–Trinajstić information content (AvgIpc) is 2.96. The molecule has 0 atom stereocenters. The summed E-state index contributed by atoms with van der Waals surface area (Å²) in [6.07, 6.45) is 8.26. The zero-order valence-electron chi connectivity index (χ0n) is 10.5. The number of Topliss-reactive ketones (excluding diaryl/α,β-unsaturated/α-hetero) is 1. The summed E-state index contributed by atoms with van der Waals surface area (Å²) < 4.78 is 3.92. The minimum Gasteiger partial charge on any atom is -0.346 e. The smallest absolute Gasteiger partial charge is 0.164 e. The molecule has 2 heterocycles. The fourth-order valence-electron chi connectivity index (χ4n) is 2.51. The monoisotopic (exact) mass is 244 g/mol. The topological polar surface area (TPSA) is 52.7 Å².